The summed E-state index contributed by atoms with van der Waals surface area (Å²) in [7, 11) is 0. The molecule has 3 heteroatoms. The van der Waals surface area contributed by atoms with Crippen molar-refractivity contribution >= 4 is 11.8 Å². The monoisotopic (exact) mass is 296 g/mol. The number of ketones is 1. The minimum Gasteiger partial charge on any atom is -0.481 e. The Morgan fingerprint density at radius 3 is 2.05 bits per heavy atom. The van der Waals surface area contributed by atoms with Crippen LogP contribution in [0, 0.1) is 0 Å². The number of carbonyl (C=O) groups is 2. The molecule has 0 amide bonds. The minimum atomic E-state index is -0.713. The molecule has 0 saturated carbocycles. The van der Waals surface area contributed by atoms with Crippen molar-refractivity contribution in [2.75, 3.05) is 0 Å². The maximum absolute atomic E-state index is 11.6. The molecule has 122 valence electrons. The van der Waals surface area contributed by atoms with Gasteiger partial charge in [0.1, 0.15) is 0 Å². The Hall–Kier alpha value is -1.12. The molecule has 0 saturated heterocycles. The maximum atomic E-state index is 11.6. The highest BCUT2D eigenvalue weighted by Crippen LogP contribution is 2.08. The van der Waals surface area contributed by atoms with Crippen LogP contribution in [0.3, 0.4) is 0 Å². The molecule has 0 aliphatic heterocycles. The molecule has 0 aliphatic rings. The fourth-order valence-electron chi connectivity index (χ4n) is 2.27. The van der Waals surface area contributed by atoms with E-state index in [1.54, 1.807) is 6.08 Å². The van der Waals surface area contributed by atoms with E-state index in [2.05, 4.69) is 6.92 Å². The van der Waals surface area contributed by atoms with Crippen LogP contribution in [0.15, 0.2) is 12.2 Å². The average Bonchev–Trinajstić information content (AvgIpc) is 2.45. The summed E-state index contributed by atoms with van der Waals surface area (Å²) in [4.78, 5) is 21.9. The molecule has 0 fully saturated rings. The third-order valence-corrected chi connectivity index (χ3v) is 3.59. The standard InChI is InChI=1S/C18H32O3/c1-2-3-4-5-8-11-14-17(19)15-12-9-6-7-10-13-16-18(20)21/h12,15H,2-11,13-14,16H2,1H3,(H,20,21)/b15-12+. The summed E-state index contributed by atoms with van der Waals surface area (Å²) in [5, 5.41) is 8.50. The molecule has 0 spiro atoms. The Labute approximate surface area is 129 Å². The highest BCUT2D eigenvalue weighted by atomic mass is 16.4. The smallest absolute Gasteiger partial charge is 0.303 e. The molecule has 21 heavy (non-hydrogen) atoms. The first-order chi connectivity index (χ1) is 10.2. The maximum Gasteiger partial charge on any atom is 0.303 e. The van der Waals surface area contributed by atoms with Crippen LogP contribution >= 0.6 is 0 Å². The van der Waals surface area contributed by atoms with Crippen LogP contribution in [-0.2, 0) is 9.59 Å². The minimum absolute atomic E-state index is 0.247. The van der Waals surface area contributed by atoms with Crippen LogP contribution in [0.2, 0.25) is 0 Å². The number of carboxylic acids is 1. The first kappa shape index (κ1) is 19.9. The summed E-state index contributed by atoms with van der Waals surface area (Å²) in [5.74, 6) is -0.466. The highest BCUT2D eigenvalue weighted by Gasteiger charge is 1.98. The number of unbranched alkanes of at least 4 members (excludes halogenated alkanes) is 9. The number of allylic oxidation sites excluding steroid dienone is 2. The van der Waals surface area contributed by atoms with E-state index in [1.165, 1.54) is 32.1 Å². The molecule has 1 N–H and O–H groups in total. The Balaban J connectivity index is 3.32. The Bertz CT molecular complexity index is 295. The lowest BCUT2D eigenvalue weighted by atomic mass is 10.1. The summed E-state index contributed by atoms with van der Waals surface area (Å²) >= 11 is 0. The average molecular weight is 296 g/mol. The van der Waals surface area contributed by atoms with Gasteiger partial charge in [-0.15, -0.1) is 0 Å². The van der Waals surface area contributed by atoms with E-state index < -0.39 is 5.97 Å². The summed E-state index contributed by atoms with van der Waals surface area (Å²) in [6.45, 7) is 2.21. The number of hydrogen-bond acceptors (Lipinski definition) is 2. The molecule has 0 rings (SSSR count). The lowest BCUT2D eigenvalue weighted by molar-refractivity contribution is -0.137. The normalized spacial score (nSPS) is 11.1. The van der Waals surface area contributed by atoms with Crippen molar-refractivity contribution in [3.63, 3.8) is 0 Å². The van der Waals surface area contributed by atoms with Crippen LogP contribution in [0.5, 0.6) is 0 Å². The zero-order valence-electron chi connectivity index (χ0n) is 13.6. The molecular formula is C18H32O3. The van der Waals surface area contributed by atoms with Gasteiger partial charge >= 0.3 is 5.97 Å². The zero-order chi connectivity index (χ0) is 15.8. The zero-order valence-corrected chi connectivity index (χ0v) is 13.6. The number of rotatable bonds is 15. The van der Waals surface area contributed by atoms with Crippen molar-refractivity contribution in [2.45, 2.75) is 90.4 Å². The van der Waals surface area contributed by atoms with Crippen LogP contribution in [-0.4, -0.2) is 16.9 Å². The van der Waals surface area contributed by atoms with Gasteiger partial charge in [-0.3, -0.25) is 9.59 Å². The van der Waals surface area contributed by atoms with Gasteiger partial charge in [-0.05, 0) is 31.8 Å². The molecule has 0 unspecified atom stereocenters. The van der Waals surface area contributed by atoms with Gasteiger partial charge < -0.3 is 5.11 Å². The van der Waals surface area contributed by atoms with Crippen molar-refractivity contribution in [3.8, 4) is 0 Å². The SMILES string of the molecule is CCCCCCCCC(=O)/C=C/CCCCCCC(=O)O. The van der Waals surface area contributed by atoms with Crippen molar-refractivity contribution in [3.05, 3.63) is 12.2 Å². The molecule has 0 aromatic rings. The van der Waals surface area contributed by atoms with Gasteiger partial charge in [-0.25, -0.2) is 0 Å². The summed E-state index contributed by atoms with van der Waals surface area (Å²) in [6.07, 6.45) is 16.7. The van der Waals surface area contributed by atoms with Gasteiger partial charge in [0.15, 0.2) is 5.78 Å². The molecule has 0 bridgehead atoms. The van der Waals surface area contributed by atoms with Crippen molar-refractivity contribution in [1.82, 2.24) is 0 Å². The summed E-state index contributed by atoms with van der Waals surface area (Å²) in [6, 6.07) is 0. The van der Waals surface area contributed by atoms with E-state index in [1.807, 2.05) is 6.08 Å². The highest BCUT2D eigenvalue weighted by molar-refractivity contribution is 5.89. The van der Waals surface area contributed by atoms with Gasteiger partial charge in [-0.1, -0.05) is 57.9 Å². The number of aliphatic carboxylic acids is 1. The topological polar surface area (TPSA) is 54.4 Å². The third-order valence-electron chi connectivity index (χ3n) is 3.59. The van der Waals surface area contributed by atoms with E-state index in [0.717, 1.165) is 38.5 Å². The van der Waals surface area contributed by atoms with Crippen LogP contribution in [0.4, 0.5) is 0 Å². The fourth-order valence-corrected chi connectivity index (χ4v) is 2.27. The molecule has 0 aliphatic carbocycles. The summed E-state index contributed by atoms with van der Waals surface area (Å²) < 4.78 is 0. The lowest BCUT2D eigenvalue weighted by Crippen LogP contribution is -1.93. The number of carbonyl (C=O) groups excluding carboxylic acids is 1. The first-order valence-electron chi connectivity index (χ1n) is 8.58. The van der Waals surface area contributed by atoms with E-state index in [-0.39, 0.29) is 12.2 Å². The first-order valence-corrected chi connectivity index (χ1v) is 8.58. The van der Waals surface area contributed by atoms with E-state index in [0.29, 0.717) is 6.42 Å². The number of carboxylic acid groups (broad SMARTS) is 1. The molecular weight excluding hydrogens is 264 g/mol. The lowest BCUT2D eigenvalue weighted by Gasteiger charge is -1.99. The molecule has 0 aromatic carbocycles. The molecule has 0 atom stereocenters. The Morgan fingerprint density at radius 2 is 1.38 bits per heavy atom. The van der Waals surface area contributed by atoms with Gasteiger partial charge in [0.25, 0.3) is 0 Å². The predicted octanol–water partition coefficient (Wildman–Crippen LogP) is 5.29. The summed E-state index contributed by atoms with van der Waals surface area (Å²) in [5.41, 5.74) is 0. The third kappa shape index (κ3) is 16.8. The molecule has 0 heterocycles. The molecule has 0 radical (unpaired) electrons. The van der Waals surface area contributed by atoms with E-state index >= 15 is 0 Å². The second kappa shape index (κ2) is 15.3. The molecule has 0 aromatic heterocycles. The van der Waals surface area contributed by atoms with Gasteiger partial charge in [0, 0.05) is 12.8 Å². The second-order valence-electron chi connectivity index (χ2n) is 5.73. The van der Waals surface area contributed by atoms with Crippen molar-refractivity contribution in [2.24, 2.45) is 0 Å². The van der Waals surface area contributed by atoms with Gasteiger partial charge in [0.2, 0.25) is 0 Å². The predicted molar refractivity (Wildman–Crippen MR) is 87.5 cm³/mol. The van der Waals surface area contributed by atoms with Gasteiger partial charge in [0.05, 0.1) is 0 Å². The molecule has 3 nitrogen and oxygen atoms in total. The quantitative estimate of drug-likeness (QED) is 0.330. The number of hydrogen-bond donors (Lipinski definition) is 1. The largest absolute Gasteiger partial charge is 0.481 e. The van der Waals surface area contributed by atoms with Crippen LogP contribution in [0.25, 0.3) is 0 Å². The van der Waals surface area contributed by atoms with Crippen LogP contribution in [0.1, 0.15) is 90.4 Å². The van der Waals surface area contributed by atoms with Crippen molar-refractivity contribution in [1.29, 1.82) is 0 Å². The Morgan fingerprint density at radius 1 is 0.810 bits per heavy atom. The van der Waals surface area contributed by atoms with Gasteiger partial charge in [-0.2, -0.15) is 0 Å². The van der Waals surface area contributed by atoms with E-state index in [4.69, 9.17) is 5.11 Å². The second-order valence-corrected chi connectivity index (χ2v) is 5.73. The van der Waals surface area contributed by atoms with Crippen molar-refractivity contribution < 1.29 is 14.7 Å². The Kier molecular flexibility index (Phi) is 14.5. The van der Waals surface area contributed by atoms with Crippen LogP contribution < -0.4 is 0 Å². The fraction of sp³-hybridized carbons (Fsp3) is 0.778. The van der Waals surface area contributed by atoms with E-state index in [9.17, 15) is 9.59 Å².